The van der Waals surface area contributed by atoms with E-state index in [0.29, 0.717) is 12.3 Å². The van der Waals surface area contributed by atoms with Gasteiger partial charge in [0.25, 0.3) is 0 Å². The Bertz CT molecular complexity index is 433. The summed E-state index contributed by atoms with van der Waals surface area (Å²) >= 11 is 0. The van der Waals surface area contributed by atoms with E-state index in [0.717, 1.165) is 11.3 Å². The third-order valence-electron chi connectivity index (χ3n) is 2.96. The lowest BCUT2D eigenvalue weighted by Gasteiger charge is -2.16. The number of rotatable bonds is 6. The fourth-order valence-electron chi connectivity index (χ4n) is 1.62. The van der Waals surface area contributed by atoms with E-state index in [-0.39, 0.29) is 11.8 Å². The Kier molecular flexibility index (Phi) is 5.63. The van der Waals surface area contributed by atoms with E-state index < -0.39 is 6.04 Å². The highest BCUT2D eigenvalue weighted by atomic mass is 16.5. The molecule has 0 saturated carbocycles. The van der Waals surface area contributed by atoms with Crippen molar-refractivity contribution in [3.8, 4) is 11.5 Å². The normalized spacial score (nSPS) is 12.1. The third kappa shape index (κ3) is 4.13. The van der Waals surface area contributed by atoms with E-state index in [9.17, 15) is 4.79 Å². The number of amides is 1. The minimum Gasteiger partial charge on any atom is -0.497 e. The van der Waals surface area contributed by atoms with Crippen molar-refractivity contribution < 1.29 is 14.3 Å². The summed E-state index contributed by atoms with van der Waals surface area (Å²) in [6.45, 7) is 4.19. The summed E-state index contributed by atoms with van der Waals surface area (Å²) < 4.78 is 10.4. The van der Waals surface area contributed by atoms with Crippen molar-refractivity contribution in [2.24, 2.45) is 11.7 Å². The Labute approximate surface area is 114 Å². The monoisotopic (exact) mass is 266 g/mol. The molecular weight excluding hydrogens is 244 g/mol. The molecule has 0 aliphatic heterocycles. The van der Waals surface area contributed by atoms with Crippen LogP contribution in [0, 0.1) is 5.92 Å². The lowest BCUT2D eigenvalue weighted by molar-refractivity contribution is -0.123. The Morgan fingerprint density at radius 3 is 2.53 bits per heavy atom. The molecule has 19 heavy (non-hydrogen) atoms. The zero-order chi connectivity index (χ0) is 14.4. The van der Waals surface area contributed by atoms with Gasteiger partial charge in [0.15, 0.2) is 0 Å². The number of hydrogen-bond acceptors (Lipinski definition) is 4. The van der Waals surface area contributed by atoms with E-state index in [2.05, 4.69) is 5.32 Å². The molecule has 0 saturated heterocycles. The maximum Gasteiger partial charge on any atom is 0.237 e. The molecule has 5 nitrogen and oxygen atoms in total. The lowest BCUT2D eigenvalue weighted by atomic mass is 10.0. The molecule has 1 amide bonds. The standard InChI is InChI=1S/C14H22N2O3/c1-9(2)13(15)14(17)16-8-10-7-11(18-3)5-6-12(10)19-4/h5-7,9,13H,8,15H2,1-4H3,(H,16,17). The second-order valence-corrected chi connectivity index (χ2v) is 4.67. The van der Waals surface area contributed by atoms with Gasteiger partial charge in [0.2, 0.25) is 5.91 Å². The quantitative estimate of drug-likeness (QED) is 0.814. The summed E-state index contributed by atoms with van der Waals surface area (Å²) in [5.74, 6) is 1.37. The van der Waals surface area contributed by atoms with Crippen LogP contribution in [0.3, 0.4) is 0 Å². The molecule has 1 atom stereocenters. The van der Waals surface area contributed by atoms with E-state index in [1.54, 1.807) is 14.2 Å². The summed E-state index contributed by atoms with van der Waals surface area (Å²) in [7, 11) is 3.19. The molecule has 1 rings (SSSR count). The zero-order valence-electron chi connectivity index (χ0n) is 11.9. The minimum atomic E-state index is -0.503. The summed E-state index contributed by atoms with van der Waals surface area (Å²) in [5, 5.41) is 2.81. The van der Waals surface area contributed by atoms with Crippen LogP contribution in [0.25, 0.3) is 0 Å². The predicted octanol–water partition coefficient (Wildman–Crippen LogP) is 1.30. The molecule has 0 spiro atoms. The molecule has 0 aromatic heterocycles. The van der Waals surface area contributed by atoms with Crippen LogP contribution in [0.15, 0.2) is 18.2 Å². The molecule has 1 unspecified atom stereocenters. The van der Waals surface area contributed by atoms with Gasteiger partial charge in [-0.3, -0.25) is 4.79 Å². The molecule has 106 valence electrons. The van der Waals surface area contributed by atoms with Crippen LogP contribution < -0.4 is 20.5 Å². The van der Waals surface area contributed by atoms with Gasteiger partial charge in [-0.2, -0.15) is 0 Å². The molecule has 3 N–H and O–H groups in total. The molecule has 0 radical (unpaired) electrons. The van der Waals surface area contributed by atoms with Crippen molar-refractivity contribution in [3.05, 3.63) is 23.8 Å². The first-order chi connectivity index (χ1) is 8.99. The topological polar surface area (TPSA) is 73.6 Å². The molecular formula is C14H22N2O3. The van der Waals surface area contributed by atoms with Gasteiger partial charge in [0.05, 0.1) is 20.3 Å². The van der Waals surface area contributed by atoms with E-state index >= 15 is 0 Å². The fourth-order valence-corrected chi connectivity index (χ4v) is 1.62. The Morgan fingerprint density at radius 1 is 1.32 bits per heavy atom. The van der Waals surface area contributed by atoms with Crippen LogP contribution in [0.1, 0.15) is 19.4 Å². The Balaban J connectivity index is 2.73. The maximum atomic E-state index is 11.8. The molecule has 0 bridgehead atoms. The number of carbonyl (C=O) groups is 1. The summed E-state index contributed by atoms with van der Waals surface area (Å²) in [4.78, 5) is 11.8. The number of hydrogen-bond donors (Lipinski definition) is 2. The molecule has 0 aliphatic carbocycles. The van der Waals surface area contributed by atoms with Gasteiger partial charge in [-0.15, -0.1) is 0 Å². The molecule has 0 fully saturated rings. The highest BCUT2D eigenvalue weighted by Gasteiger charge is 2.17. The SMILES string of the molecule is COc1ccc(OC)c(CNC(=O)C(N)C(C)C)c1. The Morgan fingerprint density at radius 2 is 2.00 bits per heavy atom. The number of carbonyl (C=O) groups excluding carboxylic acids is 1. The number of nitrogens with two attached hydrogens (primary N) is 1. The average Bonchev–Trinajstić information content (AvgIpc) is 2.43. The van der Waals surface area contributed by atoms with E-state index in [4.69, 9.17) is 15.2 Å². The number of methoxy groups -OCH3 is 2. The number of benzene rings is 1. The first-order valence-corrected chi connectivity index (χ1v) is 6.23. The highest BCUT2D eigenvalue weighted by Crippen LogP contribution is 2.23. The first kappa shape index (κ1) is 15.3. The smallest absolute Gasteiger partial charge is 0.237 e. The van der Waals surface area contributed by atoms with Crippen LogP contribution in [0.2, 0.25) is 0 Å². The molecule has 0 aliphatic rings. The summed E-state index contributed by atoms with van der Waals surface area (Å²) in [5.41, 5.74) is 6.64. The van der Waals surface area contributed by atoms with Crippen LogP contribution >= 0.6 is 0 Å². The number of nitrogens with one attached hydrogen (secondary N) is 1. The van der Waals surface area contributed by atoms with E-state index in [1.165, 1.54) is 0 Å². The molecule has 1 aromatic carbocycles. The average molecular weight is 266 g/mol. The molecule has 0 heterocycles. The van der Waals surface area contributed by atoms with Gasteiger partial charge in [0, 0.05) is 12.1 Å². The predicted molar refractivity (Wildman–Crippen MR) is 74.2 cm³/mol. The third-order valence-corrected chi connectivity index (χ3v) is 2.96. The number of ether oxygens (including phenoxy) is 2. The maximum absolute atomic E-state index is 11.8. The van der Waals surface area contributed by atoms with Crippen molar-refractivity contribution in [1.82, 2.24) is 5.32 Å². The van der Waals surface area contributed by atoms with Crippen LogP contribution in [0.5, 0.6) is 11.5 Å². The van der Waals surface area contributed by atoms with Crippen molar-refractivity contribution >= 4 is 5.91 Å². The van der Waals surface area contributed by atoms with Gasteiger partial charge < -0.3 is 20.5 Å². The molecule has 1 aromatic rings. The van der Waals surface area contributed by atoms with Gasteiger partial charge in [-0.05, 0) is 24.1 Å². The largest absolute Gasteiger partial charge is 0.497 e. The van der Waals surface area contributed by atoms with Crippen LogP contribution in [-0.4, -0.2) is 26.2 Å². The van der Waals surface area contributed by atoms with Gasteiger partial charge in [-0.25, -0.2) is 0 Å². The van der Waals surface area contributed by atoms with Crippen molar-refractivity contribution in [3.63, 3.8) is 0 Å². The van der Waals surface area contributed by atoms with Gasteiger partial charge in [-0.1, -0.05) is 13.8 Å². The zero-order valence-corrected chi connectivity index (χ0v) is 11.9. The van der Waals surface area contributed by atoms with Crippen LogP contribution in [0.4, 0.5) is 0 Å². The van der Waals surface area contributed by atoms with E-state index in [1.807, 2.05) is 32.0 Å². The van der Waals surface area contributed by atoms with Crippen molar-refractivity contribution in [2.45, 2.75) is 26.4 Å². The summed E-state index contributed by atoms with van der Waals surface area (Å²) in [6.07, 6.45) is 0. The van der Waals surface area contributed by atoms with Gasteiger partial charge >= 0.3 is 0 Å². The van der Waals surface area contributed by atoms with Crippen LogP contribution in [-0.2, 0) is 11.3 Å². The highest BCUT2D eigenvalue weighted by molar-refractivity contribution is 5.81. The second kappa shape index (κ2) is 6.99. The van der Waals surface area contributed by atoms with Crippen molar-refractivity contribution in [1.29, 1.82) is 0 Å². The van der Waals surface area contributed by atoms with Crippen molar-refractivity contribution in [2.75, 3.05) is 14.2 Å². The Hall–Kier alpha value is -1.75. The molecule has 5 heteroatoms. The first-order valence-electron chi connectivity index (χ1n) is 6.23. The van der Waals surface area contributed by atoms with Gasteiger partial charge in [0.1, 0.15) is 11.5 Å². The minimum absolute atomic E-state index is 0.104. The lowest BCUT2D eigenvalue weighted by Crippen LogP contribution is -2.43. The fraction of sp³-hybridized carbons (Fsp3) is 0.500. The second-order valence-electron chi connectivity index (χ2n) is 4.67. The summed E-state index contributed by atoms with van der Waals surface area (Å²) in [6, 6.07) is 4.95.